The Bertz CT molecular complexity index is 962. The van der Waals surface area contributed by atoms with Crippen molar-refractivity contribution in [2.45, 2.75) is 44.8 Å². The van der Waals surface area contributed by atoms with Gasteiger partial charge in [0.15, 0.2) is 0 Å². The number of nitrogens with one attached hydrogen (secondary N) is 2. The molecule has 3 amide bonds. The number of nitrogens with zero attached hydrogens (tertiary/aromatic N) is 3. The fourth-order valence-electron chi connectivity index (χ4n) is 5.04. The summed E-state index contributed by atoms with van der Waals surface area (Å²) in [7, 11) is 0. The summed E-state index contributed by atoms with van der Waals surface area (Å²) in [5.74, 6) is -0.435. The number of urea groups is 1. The number of alkyl halides is 3. The maximum Gasteiger partial charge on any atom is 0.417 e. The Balaban J connectivity index is 1.59. The van der Waals surface area contributed by atoms with Gasteiger partial charge in [-0.3, -0.25) is 4.79 Å². The highest BCUT2D eigenvalue weighted by Gasteiger charge is 2.52. The minimum atomic E-state index is -4.64. The van der Waals surface area contributed by atoms with Crippen molar-refractivity contribution in [3.8, 4) is 6.07 Å². The fourth-order valence-corrected chi connectivity index (χ4v) is 5.04. The number of carbonyl (C=O) groups is 2. The van der Waals surface area contributed by atoms with Gasteiger partial charge in [-0.15, -0.1) is 0 Å². The fraction of sp³-hybridized carbons (Fsp3) is 0.609. The molecule has 1 aromatic rings. The molecule has 4 rings (SSSR count). The van der Waals surface area contributed by atoms with Crippen LogP contribution in [0, 0.1) is 22.7 Å². The highest BCUT2D eigenvalue weighted by molar-refractivity contribution is 5.82. The molecule has 1 unspecified atom stereocenters. The number of hydrogen-bond donors (Lipinski definition) is 2. The van der Waals surface area contributed by atoms with Gasteiger partial charge < -0.3 is 20.4 Å². The smallest absolute Gasteiger partial charge is 0.370 e. The lowest BCUT2D eigenvalue weighted by Gasteiger charge is -2.42. The van der Waals surface area contributed by atoms with Crippen molar-refractivity contribution in [1.29, 1.82) is 5.26 Å². The van der Waals surface area contributed by atoms with Crippen LogP contribution in [-0.2, 0) is 11.0 Å². The molecule has 1 atom stereocenters. The van der Waals surface area contributed by atoms with E-state index in [1.807, 2.05) is 11.8 Å². The van der Waals surface area contributed by atoms with Crippen molar-refractivity contribution in [1.82, 2.24) is 15.5 Å². The highest BCUT2D eigenvalue weighted by atomic mass is 19.4. The minimum Gasteiger partial charge on any atom is -0.370 e. The van der Waals surface area contributed by atoms with Crippen molar-refractivity contribution in [3.63, 3.8) is 0 Å². The molecule has 178 valence electrons. The second-order valence-corrected chi connectivity index (χ2v) is 9.24. The standard InChI is InChI=1S/C23H28F3N5O2/c1-2-28-21(33)30-9-7-22(8-10-30)14-31(13-19(22)20(32)29-16-4-5-16)17-6-3-15(12-27)18(11-17)23(24,25)26/h3,6,11,16,19H,2,4-5,7-10,13-14H2,1H3,(H,28,33)(H,29,32). The molecular weight excluding hydrogens is 435 g/mol. The average molecular weight is 464 g/mol. The second kappa shape index (κ2) is 8.76. The van der Waals surface area contributed by atoms with Gasteiger partial charge in [-0.25, -0.2) is 4.79 Å². The van der Waals surface area contributed by atoms with E-state index in [4.69, 9.17) is 5.26 Å². The second-order valence-electron chi connectivity index (χ2n) is 9.24. The zero-order valence-corrected chi connectivity index (χ0v) is 18.5. The molecule has 3 fully saturated rings. The van der Waals surface area contributed by atoms with E-state index in [0.29, 0.717) is 51.3 Å². The van der Waals surface area contributed by atoms with Crippen LogP contribution in [0.2, 0.25) is 0 Å². The third-order valence-corrected chi connectivity index (χ3v) is 7.06. The summed E-state index contributed by atoms with van der Waals surface area (Å²) < 4.78 is 40.5. The molecule has 2 saturated heterocycles. The van der Waals surface area contributed by atoms with Crippen LogP contribution >= 0.6 is 0 Å². The topological polar surface area (TPSA) is 88.5 Å². The number of nitriles is 1. The lowest BCUT2D eigenvalue weighted by atomic mass is 9.70. The van der Waals surface area contributed by atoms with Crippen LogP contribution in [0.15, 0.2) is 18.2 Å². The van der Waals surface area contributed by atoms with Gasteiger partial charge in [-0.2, -0.15) is 18.4 Å². The quantitative estimate of drug-likeness (QED) is 0.718. The zero-order valence-electron chi connectivity index (χ0n) is 18.5. The Morgan fingerprint density at radius 3 is 2.52 bits per heavy atom. The van der Waals surface area contributed by atoms with Gasteiger partial charge in [0.05, 0.1) is 23.1 Å². The molecule has 0 bridgehead atoms. The minimum absolute atomic E-state index is 0.0591. The summed E-state index contributed by atoms with van der Waals surface area (Å²) in [4.78, 5) is 28.9. The number of benzene rings is 1. The van der Waals surface area contributed by atoms with E-state index in [2.05, 4.69) is 10.6 Å². The first-order chi connectivity index (χ1) is 15.7. The monoisotopic (exact) mass is 463 g/mol. The number of piperidine rings is 1. The van der Waals surface area contributed by atoms with Gasteiger partial charge >= 0.3 is 12.2 Å². The Morgan fingerprint density at radius 2 is 1.94 bits per heavy atom. The Kier molecular flexibility index (Phi) is 6.16. The Hall–Kier alpha value is -2.96. The largest absolute Gasteiger partial charge is 0.417 e. The molecule has 2 heterocycles. The average Bonchev–Trinajstić information content (AvgIpc) is 3.52. The van der Waals surface area contributed by atoms with E-state index < -0.39 is 22.7 Å². The number of hydrogen-bond acceptors (Lipinski definition) is 4. The van der Waals surface area contributed by atoms with Gasteiger partial charge in [0.25, 0.3) is 0 Å². The molecule has 7 nitrogen and oxygen atoms in total. The van der Waals surface area contributed by atoms with Crippen LogP contribution in [0.5, 0.6) is 0 Å². The van der Waals surface area contributed by atoms with Crippen LogP contribution in [0.4, 0.5) is 23.7 Å². The van der Waals surface area contributed by atoms with E-state index in [1.165, 1.54) is 12.1 Å². The molecule has 1 saturated carbocycles. The third-order valence-electron chi connectivity index (χ3n) is 7.06. The van der Waals surface area contributed by atoms with Crippen molar-refractivity contribution < 1.29 is 22.8 Å². The van der Waals surface area contributed by atoms with Crippen LogP contribution < -0.4 is 15.5 Å². The maximum atomic E-state index is 13.5. The SMILES string of the molecule is CCNC(=O)N1CCC2(CC1)CN(c1ccc(C#N)c(C(F)(F)F)c1)CC2C(=O)NC1CC1. The van der Waals surface area contributed by atoms with Gasteiger partial charge in [-0.05, 0) is 50.8 Å². The van der Waals surface area contributed by atoms with Gasteiger partial charge in [-0.1, -0.05) is 0 Å². The van der Waals surface area contributed by atoms with Crippen molar-refractivity contribution in [2.24, 2.45) is 11.3 Å². The molecule has 0 radical (unpaired) electrons. The number of likely N-dealkylation sites (tertiary alicyclic amines) is 1. The van der Waals surface area contributed by atoms with Crippen molar-refractivity contribution in [3.05, 3.63) is 29.3 Å². The number of anilines is 1. The molecule has 10 heteroatoms. The van der Waals surface area contributed by atoms with E-state index >= 15 is 0 Å². The summed E-state index contributed by atoms with van der Waals surface area (Å²) in [6.45, 7) is 4.11. The van der Waals surface area contributed by atoms with Crippen LogP contribution in [-0.4, -0.2) is 55.6 Å². The predicted octanol–water partition coefficient (Wildman–Crippen LogP) is 3.10. The maximum absolute atomic E-state index is 13.5. The molecule has 33 heavy (non-hydrogen) atoms. The first-order valence-corrected chi connectivity index (χ1v) is 11.4. The lowest BCUT2D eigenvalue weighted by molar-refractivity contribution is -0.137. The zero-order chi connectivity index (χ0) is 23.8. The highest BCUT2D eigenvalue weighted by Crippen LogP contribution is 2.47. The first kappa shape index (κ1) is 23.2. The first-order valence-electron chi connectivity index (χ1n) is 11.4. The lowest BCUT2D eigenvalue weighted by Crippen LogP contribution is -2.51. The molecule has 2 N–H and O–H groups in total. The predicted molar refractivity (Wildman–Crippen MR) is 115 cm³/mol. The van der Waals surface area contributed by atoms with E-state index in [0.717, 1.165) is 18.9 Å². The summed E-state index contributed by atoms with van der Waals surface area (Å²) in [5.41, 5.74) is -1.45. The Morgan fingerprint density at radius 1 is 1.24 bits per heavy atom. The van der Waals surface area contributed by atoms with Crippen LogP contribution in [0.1, 0.15) is 43.7 Å². The summed E-state index contributed by atoms with van der Waals surface area (Å²) in [5, 5.41) is 15.0. The molecule has 1 spiro atoms. The number of carbonyl (C=O) groups excluding carboxylic acids is 2. The van der Waals surface area contributed by atoms with Crippen LogP contribution in [0.25, 0.3) is 0 Å². The summed E-state index contributed by atoms with van der Waals surface area (Å²) in [6, 6.07) is 5.39. The number of amides is 3. The van der Waals surface area contributed by atoms with Crippen molar-refractivity contribution >= 4 is 17.6 Å². The van der Waals surface area contributed by atoms with Crippen molar-refractivity contribution in [2.75, 3.05) is 37.6 Å². The third kappa shape index (κ3) is 4.72. The van der Waals surface area contributed by atoms with Gasteiger partial charge in [0.1, 0.15) is 0 Å². The normalized spacial score (nSPS) is 22.2. The van der Waals surface area contributed by atoms with Crippen LogP contribution in [0.3, 0.4) is 0 Å². The Labute approximate surface area is 190 Å². The van der Waals surface area contributed by atoms with Gasteiger partial charge in [0.2, 0.25) is 5.91 Å². The van der Waals surface area contributed by atoms with E-state index in [1.54, 1.807) is 11.0 Å². The molecule has 2 aliphatic heterocycles. The number of rotatable bonds is 4. The van der Waals surface area contributed by atoms with E-state index in [-0.39, 0.29) is 23.9 Å². The molecule has 1 aromatic carbocycles. The van der Waals surface area contributed by atoms with Gasteiger partial charge in [0, 0.05) is 49.9 Å². The van der Waals surface area contributed by atoms with E-state index in [9.17, 15) is 22.8 Å². The molecule has 1 aliphatic carbocycles. The molecule has 3 aliphatic rings. The molecule has 0 aromatic heterocycles. The number of halogens is 3. The summed E-state index contributed by atoms with van der Waals surface area (Å²) >= 11 is 0. The molecular formula is C23H28F3N5O2. The summed E-state index contributed by atoms with van der Waals surface area (Å²) in [6.07, 6.45) is -1.54.